The van der Waals surface area contributed by atoms with Crippen LogP contribution in [0, 0.1) is 0 Å². The minimum Gasteiger partial charge on any atom is -0.388 e. The van der Waals surface area contributed by atoms with E-state index < -0.39 is 0 Å². The minimum atomic E-state index is 0.541. The monoisotopic (exact) mass is 343 g/mol. The number of anilines is 1. The van der Waals surface area contributed by atoms with E-state index in [0.29, 0.717) is 18.1 Å². The van der Waals surface area contributed by atoms with E-state index in [0.717, 1.165) is 21.3 Å². The molecular weight excluding hydrogens is 330 g/mol. The Labute approximate surface area is 131 Å². The van der Waals surface area contributed by atoms with Gasteiger partial charge in [0, 0.05) is 29.2 Å². The maximum absolute atomic E-state index is 5.34. The molecule has 0 aliphatic carbocycles. The SMILES string of the molecule is CNc1ccc(-c2nc(Cc3ccccc3Br)no2)cc1. The minimum absolute atomic E-state index is 0.541. The second kappa shape index (κ2) is 6.10. The Morgan fingerprint density at radius 3 is 2.57 bits per heavy atom. The van der Waals surface area contributed by atoms with Gasteiger partial charge in [-0.05, 0) is 35.9 Å². The maximum Gasteiger partial charge on any atom is 0.257 e. The summed E-state index contributed by atoms with van der Waals surface area (Å²) in [6.45, 7) is 0. The van der Waals surface area contributed by atoms with Crippen LogP contribution in [-0.2, 0) is 6.42 Å². The third kappa shape index (κ3) is 3.13. The number of halogens is 1. The summed E-state index contributed by atoms with van der Waals surface area (Å²) in [6, 6.07) is 15.9. The predicted molar refractivity (Wildman–Crippen MR) is 86.2 cm³/mol. The fraction of sp³-hybridized carbons (Fsp3) is 0.125. The first kappa shape index (κ1) is 13.8. The van der Waals surface area contributed by atoms with Crippen molar-refractivity contribution in [2.24, 2.45) is 0 Å². The molecule has 1 aromatic heterocycles. The van der Waals surface area contributed by atoms with E-state index in [1.165, 1.54) is 0 Å². The number of hydrogen-bond acceptors (Lipinski definition) is 4. The Hall–Kier alpha value is -2.14. The third-order valence-electron chi connectivity index (χ3n) is 3.20. The van der Waals surface area contributed by atoms with Crippen LogP contribution in [-0.4, -0.2) is 17.2 Å². The van der Waals surface area contributed by atoms with Crippen molar-refractivity contribution in [1.82, 2.24) is 10.1 Å². The summed E-state index contributed by atoms with van der Waals surface area (Å²) in [5, 5.41) is 7.13. The van der Waals surface area contributed by atoms with E-state index >= 15 is 0 Å². The van der Waals surface area contributed by atoms with Gasteiger partial charge >= 0.3 is 0 Å². The standard InChI is InChI=1S/C16H14BrN3O/c1-18-13-8-6-11(7-9-13)16-19-15(20-21-16)10-12-4-2-3-5-14(12)17/h2-9,18H,10H2,1H3. The van der Waals surface area contributed by atoms with Gasteiger partial charge < -0.3 is 9.84 Å². The first-order valence-corrected chi connectivity index (χ1v) is 7.40. The highest BCUT2D eigenvalue weighted by Crippen LogP contribution is 2.22. The van der Waals surface area contributed by atoms with Gasteiger partial charge in [0.2, 0.25) is 0 Å². The zero-order chi connectivity index (χ0) is 14.7. The zero-order valence-corrected chi connectivity index (χ0v) is 13.1. The van der Waals surface area contributed by atoms with Gasteiger partial charge in [0.25, 0.3) is 5.89 Å². The van der Waals surface area contributed by atoms with Gasteiger partial charge in [-0.3, -0.25) is 0 Å². The lowest BCUT2D eigenvalue weighted by molar-refractivity contribution is 0.424. The summed E-state index contributed by atoms with van der Waals surface area (Å²) >= 11 is 3.53. The van der Waals surface area contributed by atoms with Gasteiger partial charge in [-0.1, -0.05) is 39.3 Å². The molecule has 2 aromatic carbocycles. The van der Waals surface area contributed by atoms with Crippen molar-refractivity contribution in [3.05, 3.63) is 64.4 Å². The highest BCUT2D eigenvalue weighted by Gasteiger charge is 2.10. The number of benzene rings is 2. The van der Waals surface area contributed by atoms with E-state index in [1.807, 2.05) is 55.6 Å². The molecule has 3 aromatic rings. The van der Waals surface area contributed by atoms with Crippen LogP contribution in [0.4, 0.5) is 5.69 Å². The van der Waals surface area contributed by atoms with Crippen LogP contribution in [0.25, 0.3) is 11.5 Å². The molecule has 0 saturated carbocycles. The molecule has 0 spiro atoms. The fourth-order valence-corrected chi connectivity index (χ4v) is 2.46. The average Bonchev–Trinajstić information content (AvgIpc) is 2.98. The Kier molecular flexibility index (Phi) is 4.01. The fourth-order valence-electron chi connectivity index (χ4n) is 2.03. The largest absolute Gasteiger partial charge is 0.388 e. The van der Waals surface area contributed by atoms with Crippen molar-refractivity contribution in [2.75, 3.05) is 12.4 Å². The highest BCUT2D eigenvalue weighted by molar-refractivity contribution is 9.10. The van der Waals surface area contributed by atoms with Crippen LogP contribution >= 0.6 is 15.9 Å². The lowest BCUT2D eigenvalue weighted by Gasteiger charge is -2.00. The summed E-state index contributed by atoms with van der Waals surface area (Å²) in [5.74, 6) is 1.22. The van der Waals surface area contributed by atoms with Gasteiger partial charge in [-0.2, -0.15) is 4.98 Å². The molecule has 0 fully saturated rings. The van der Waals surface area contributed by atoms with Gasteiger partial charge in [0.15, 0.2) is 5.82 Å². The first-order chi connectivity index (χ1) is 10.3. The molecule has 0 radical (unpaired) electrons. The number of nitrogens with one attached hydrogen (secondary N) is 1. The van der Waals surface area contributed by atoms with Crippen molar-refractivity contribution < 1.29 is 4.52 Å². The van der Waals surface area contributed by atoms with E-state index in [2.05, 4.69) is 31.4 Å². The van der Waals surface area contributed by atoms with Crippen LogP contribution in [0.1, 0.15) is 11.4 Å². The molecule has 0 saturated heterocycles. The molecule has 0 aliphatic heterocycles. The normalized spacial score (nSPS) is 10.6. The number of hydrogen-bond donors (Lipinski definition) is 1. The van der Waals surface area contributed by atoms with Crippen molar-refractivity contribution in [2.45, 2.75) is 6.42 Å². The zero-order valence-electron chi connectivity index (χ0n) is 11.5. The number of aromatic nitrogens is 2. The molecule has 21 heavy (non-hydrogen) atoms. The Balaban J connectivity index is 1.81. The first-order valence-electron chi connectivity index (χ1n) is 6.60. The van der Waals surface area contributed by atoms with E-state index in [4.69, 9.17) is 4.52 Å². The van der Waals surface area contributed by atoms with Gasteiger partial charge in [0.1, 0.15) is 0 Å². The van der Waals surface area contributed by atoms with E-state index in [-0.39, 0.29) is 0 Å². The molecule has 0 bridgehead atoms. The Morgan fingerprint density at radius 2 is 1.86 bits per heavy atom. The molecule has 0 aliphatic rings. The number of rotatable bonds is 4. The molecule has 5 heteroatoms. The smallest absolute Gasteiger partial charge is 0.257 e. The average molecular weight is 344 g/mol. The van der Waals surface area contributed by atoms with Crippen molar-refractivity contribution in [3.63, 3.8) is 0 Å². The van der Waals surface area contributed by atoms with E-state index in [9.17, 15) is 0 Å². The topological polar surface area (TPSA) is 51.0 Å². The second-order valence-corrected chi connectivity index (χ2v) is 5.47. The highest BCUT2D eigenvalue weighted by atomic mass is 79.9. The summed E-state index contributed by atoms with van der Waals surface area (Å²) in [6.07, 6.45) is 0.638. The van der Waals surface area contributed by atoms with Crippen molar-refractivity contribution in [1.29, 1.82) is 0 Å². The molecule has 0 atom stereocenters. The molecule has 3 rings (SSSR count). The molecule has 1 N–H and O–H groups in total. The summed E-state index contributed by atoms with van der Waals surface area (Å²) in [5.41, 5.74) is 3.10. The molecule has 0 unspecified atom stereocenters. The summed E-state index contributed by atoms with van der Waals surface area (Å²) in [4.78, 5) is 4.45. The lowest BCUT2D eigenvalue weighted by Crippen LogP contribution is -1.92. The van der Waals surface area contributed by atoms with Crippen molar-refractivity contribution in [3.8, 4) is 11.5 Å². The summed E-state index contributed by atoms with van der Waals surface area (Å²) < 4.78 is 6.39. The predicted octanol–water partition coefficient (Wildman–Crippen LogP) is 4.13. The van der Waals surface area contributed by atoms with Gasteiger partial charge in [0.05, 0.1) is 0 Å². The Morgan fingerprint density at radius 1 is 1.10 bits per heavy atom. The molecule has 106 valence electrons. The van der Waals surface area contributed by atoms with Gasteiger partial charge in [-0.25, -0.2) is 0 Å². The maximum atomic E-state index is 5.34. The van der Waals surface area contributed by atoms with Crippen LogP contribution in [0.3, 0.4) is 0 Å². The molecule has 4 nitrogen and oxygen atoms in total. The second-order valence-electron chi connectivity index (χ2n) is 4.61. The third-order valence-corrected chi connectivity index (χ3v) is 3.97. The molecule has 1 heterocycles. The molecule has 0 amide bonds. The quantitative estimate of drug-likeness (QED) is 0.773. The van der Waals surface area contributed by atoms with Crippen LogP contribution < -0.4 is 5.32 Å². The summed E-state index contributed by atoms with van der Waals surface area (Å²) in [7, 11) is 1.89. The van der Waals surface area contributed by atoms with E-state index in [1.54, 1.807) is 0 Å². The molecular formula is C16H14BrN3O. The lowest BCUT2D eigenvalue weighted by atomic mass is 10.1. The van der Waals surface area contributed by atoms with Gasteiger partial charge in [-0.15, -0.1) is 0 Å². The van der Waals surface area contributed by atoms with Crippen LogP contribution in [0.2, 0.25) is 0 Å². The number of nitrogens with zero attached hydrogens (tertiary/aromatic N) is 2. The Bertz CT molecular complexity index is 737. The van der Waals surface area contributed by atoms with Crippen LogP contribution in [0.5, 0.6) is 0 Å². The van der Waals surface area contributed by atoms with Crippen LogP contribution in [0.15, 0.2) is 57.5 Å². The van der Waals surface area contributed by atoms with Crippen molar-refractivity contribution >= 4 is 21.6 Å².